The van der Waals surface area contributed by atoms with Gasteiger partial charge in [0.05, 0.1) is 0 Å². The standard InChI is InChI=1S/C30H44N6O3/c1-21(2)19-22-14-17-36(18-15-22)27(24-7-4-3-5-8-24)29(39)35-26(9-6-16-33-30(31)32)28(38)34-20-23-10-12-25(37)13-11-23/h3-5,7-8,10-13,21-22,26-27,37H,6,9,14-20H2,1-2H3,(H,34,38)(H,35,39)(H4,31,32,33)/t26-,27?/m1/s1. The molecule has 9 heteroatoms. The van der Waals surface area contributed by atoms with Gasteiger partial charge >= 0.3 is 0 Å². The third-order valence-corrected chi connectivity index (χ3v) is 7.20. The molecule has 7 N–H and O–H groups in total. The number of nitrogens with zero attached hydrogens (tertiary/aromatic N) is 1. The molecule has 1 unspecified atom stereocenters. The molecule has 9 nitrogen and oxygen atoms in total. The van der Waals surface area contributed by atoms with Crippen LogP contribution in [-0.2, 0) is 16.1 Å². The summed E-state index contributed by atoms with van der Waals surface area (Å²) in [5.74, 6) is 0.904. The number of piperidine rings is 1. The summed E-state index contributed by atoms with van der Waals surface area (Å²) in [5.41, 5.74) is 7.15. The van der Waals surface area contributed by atoms with Gasteiger partial charge in [-0.2, -0.15) is 0 Å². The third kappa shape index (κ3) is 9.90. The number of amides is 2. The molecule has 1 heterocycles. The van der Waals surface area contributed by atoms with Crippen molar-refractivity contribution < 1.29 is 14.7 Å². The largest absolute Gasteiger partial charge is 0.508 e. The maximum atomic E-state index is 13.8. The summed E-state index contributed by atoms with van der Waals surface area (Å²) in [6.45, 7) is 6.90. The monoisotopic (exact) mass is 536 g/mol. The van der Waals surface area contributed by atoms with Crippen LogP contribution in [0.5, 0.6) is 5.75 Å². The zero-order valence-electron chi connectivity index (χ0n) is 23.2. The van der Waals surface area contributed by atoms with E-state index in [1.54, 1.807) is 24.3 Å². The molecular formula is C30H44N6O3. The van der Waals surface area contributed by atoms with Gasteiger partial charge in [-0.3, -0.25) is 19.9 Å². The quantitative estimate of drug-likeness (QED) is 0.132. The van der Waals surface area contributed by atoms with E-state index in [0.29, 0.717) is 31.2 Å². The number of guanidine groups is 1. The molecule has 39 heavy (non-hydrogen) atoms. The SMILES string of the molecule is CC(C)CC1CCN(C(C(=O)N[C@H](CCCNC(=N)N)C(=O)NCc2ccc(O)cc2)c2ccccc2)CC1. The van der Waals surface area contributed by atoms with Gasteiger partial charge in [-0.15, -0.1) is 0 Å². The average Bonchev–Trinajstić information content (AvgIpc) is 2.91. The molecule has 3 rings (SSSR count). The van der Waals surface area contributed by atoms with Crippen molar-refractivity contribution in [2.75, 3.05) is 19.6 Å². The Kier molecular flexibility index (Phi) is 11.6. The molecule has 0 bridgehead atoms. The van der Waals surface area contributed by atoms with Gasteiger partial charge in [0.15, 0.2) is 5.96 Å². The van der Waals surface area contributed by atoms with Crippen molar-refractivity contribution in [2.24, 2.45) is 17.6 Å². The predicted octanol–water partition coefficient (Wildman–Crippen LogP) is 3.26. The van der Waals surface area contributed by atoms with Crippen LogP contribution < -0.4 is 21.7 Å². The Hall–Kier alpha value is -3.59. The molecule has 0 spiro atoms. The Labute approximate surface area is 232 Å². The van der Waals surface area contributed by atoms with Gasteiger partial charge < -0.3 is 26.8 Å². The number of hydrogen-bond acceptors (Lipinski definition) is 5. The van der Waals surface area contributed by atoms with E-state index in [2.05, 4.69) is 34.7 Å². The number of nitrogens with two attached hydrogens (primary N) is 1. The molecule has 0 aliphatic carbocycles. The van der Waals surface area contributed by atoms with Crippen LogP contribution in [0, 0.1) is 17.2 Å². The number of phenols is 1. The second-order valence-corrected chi connectivity index (χ2v) is 10.9. The number of carbonyl (C=O) groups excluding carboxylic acids is 2. The lowest BCUT2D eigenvalue weighted by molar-refractivity contribution is -0.133. The van der Waals surface area contributed by atoms with Crippen molar-refractivity contribution in [1.82, 2.24) is 20.9 Å². The molecule has 1 fully saturated rings. The highest BCUT2D eigenvalue weighted by Crippen LogP contribution is 2.30. The zero-order chi connectivity index (χ0) is 28.2. The van der Waals surface area contributed by atoms with Gasteiger partial charge in [0, 0.05) is 13.1 Å². The summed E-state index contributed by atoms with van der Waals surface area (Å²) >= 11 is 0. The van der Waals surface area contributed by atoms with E-state index in [-0.39, 0.29) is 30.1 Å². The number of likely N-dealkylation sites (tertiary alicyclic amines) is 1. The molecule has 0 saturated carbocycles. The van der Waals surface area contributed by atoms with E-state index >= 15 is 0 Å². The van der Waals surface area contributed by atoms with Crippen LogP contribution in [0.15, 0.2) is 54.6 Å². The average molecular weight is 537 g/mol. The fraction of sp³-hybridized carbons (Fsp3) is 0.500. The molecule has 1 aliphatic heterocycles. The van der Waals surface area contributed by atoms with Crippen LogP contribution in [0.25, 0.3) is 0 Å². The van der Waals surface area contributed by atoms with Gasteiger partial charge in [-0.25, -0.2) is 0 Å². The molecule has 2 amide bonds. The highest BCUT2D eigenvalue weighted by Gasteiger charge is 2.33. The molecule has 0 aromatic heterocycles. The summed E-state index contributed by atoms with van der Waals surface area (Å²) in [4.78, 5) is 29.3. The summed E-state index contributed by atoms with van der Waals surface area (Å²) in [5, 5.41) is 25.6. The molecular weight excluding hydrogens is 492 g/mol. The Bertz CT molecular complexity index is 1050. The number of benzene rings is 2. The number of nitrogens with one attached hydrogen (secondary N) is 4. The van der Waals surface area contributed by atoms with E-state index in [9.17, 15) is 14.7 Å². The predicted molar refractivity (Wildman–Crippen MR) is 154 cm³/mol. The van der Waals surface area contributed by atoms with Gasteiger partial charge in [0.2, 0.25) is 11.8 Å². The minimum absolute atomic E-state index is 0.127. The minimum atomic E-state index is -0.743. The van der Waals surface area contributed by atoms with Crippen molar-refractivity contribution in [3.63, 3.8) is 0 Å². The first-order chi connectivity index (χ1) is 18.7. The number of hydrogen-bond donors (Lipinski definition) is 6. The highest BCUT2D eigenvalue weighted by atomic mass is 16.3. The molecule has 2 aromatic carbocycles. The van der Waals surface area contributed by atoms with Gasteiger partial charge in [0.1, 0.15) is 17.8 Å². The highest BCUT2D eigenvalue weighted by molar-refractivity contribution is 5.90. The van der Waals surface area contributed by atoms with E-state index in [0.717, 1.165) is 37.1 Å². The normalized spacial score (nSPS) is 15.9. The van der Waals surface area contributed by atoms with Crippen LogP contribution in [0.1, 0.15) is 63.1 Å². The van der Waals surface area contributed by atoms with Crippen molar-refractivity contribution >= 4 is 17.8 Å². The van der Waals surface area contributed by atoms with Gasteiger partial charge in [0.25, 0.3) is 0 Å². The Balaban J connectivity index is 1.71. The Morgan fingerprint density at radius 1 is 1.03 bits per heavy atom. The van der Waals surface area contributed by atoms with E-state index in [4.69, 9.17) is 11.1 Å². The van der Waals surface area contributed by atoms with E-state index in [1.165, 1.54) is 6.42 Å². The zero-order valence-corrected chi connectivity index (χ0v) is 23.2. The van der Waals surface area contributed by atoms with Crippen molar-refractivity contribution in [3.8, 4) is 5.75 Å². The van der Waals surface area contributed by atoms with E-state index in [1.807, 2.05) is 30.3 Å². The molecule has 2 atom stereocenters. The lowest BCUT2D eigenvalue weighted by Gasteiger charge is -2.38. The van der Waals surface area contributed by atoms with Crippen LogP contribution >= 0.6 is 0 Å². The van der Waals surface area contributed by atoms with Crippen molar-refractivity contribution in [2.45, 2.75) is 64.6 Å². The Morgan fingerprint density at radius 3 is 2.31 bits per heavy atom. The molecule has 1 saturated heterocycles. The second kappa shape index (κ2) is 15.1. The molecule has 1 aliphatic rings. The topological polar surface area (TPSA) is 144 Å². The van der Waals surface area contributed by atoms with Crippen LogP contribution in [-0.4, -0.2) is 53.5 Å². The number of phenolic OH excluding ortho intramolecular Hbond substituents is 1. The summed E-state index contributed by atoms with van der Waals surface area (Å²) in [6.07, 6.45) is 4.26. The first-order valence-electron chi connectivity index (χ1n) is 14.0. The first kappa shape index (κ1) is 30.0. The van der Waals surface area contributed by atoms with Gasteiger partial charge in [-0.1, -0.05) is 56.3 Å². The van der Waals surface area contributed by atoms with E-state index < -0.39 is 12.1 Å². The maximum absolute atomic E-state index is 13.8. The summed E-state index contributed by atoms with van der Waals surface area (Å²) in [6, 6.07) is 15.2. The second-order valence-electron chi connectivity index (χ2n) is 10.9. The smallest absolute Gasteiger partial charge is 0.242 e. The lowest BCUT2D eigenvalue weighted by Crippen LogP contribution is -2.51. The van der Waals surface area contributed by atoms with Crippen LogP contribution in [0.3, 0.4) is 0 Å². The maximum Gasteiger partial charge on any atom is 0.242 e. The van der Waals surface area contributed by atoms with Crippen molar-refractivity contribution in [1.29, 1.82) is 5.41 Å². The fourth-order valence-electron chi connectivity index (χ4n) is 5.25. The first-order valence-corrected chi connectivity index (χ1v) is 14.0. The van der Waals surface area contributed by atoms with Crippen molar-refractivity contribution in [3.05, 3.63) is 65.7 Å². The Morgan fingerprint density at radius 2 is 1.69 bits per heavy atom. The number of carbonyl (C=O) groups is 2. The summed E-state index contributed by atoms with van der Waals surface area (Å²) < 4.78 is 0. The van der Waals surface area contributed by atoms with Gasteiger partial charge in [-0.05, 0) is 80.3 Å². The lowest BCUT2D eigenvalue weighted by atomic mass is 9.87. The summed E-state index contributed by atoms with van der Waals surface area (Å²) in [7, 11) is 0. The molecule has 2 aromatic rings. The third-order valence-electron chi connectivity index (χ3n) is 7.20. The van der Waals surface area contributed by atoms with Crippen LogP contribution in [0.4, 0.5) is 0 Å². The van der Waals surface area contributed by atoms with Crippen LogP contribution in [0.2, 0.25) is 0 Å². The number of aromatic hydroxyl groups is 1. The minimum Gasteiger partial charge on any atom is -0.508 e. The molecule has 0 radical (unpaired) electrons. The number of rotatable bonds is 13. The fourth-order valence-corrected chi connectivity index (χ4v) is 5.25. The molecule has 212 valence electrons.